The number of hydrogen-bond donors (Lipinski definition) is 2. The van der Waals surface area contributed by atoms with Gasteiger partial charge >= 0.3 is 0 Å². The number of rotatable bonds is 6. The van der Waals surface area contributed by atoms with Crippen LogP contribution in [0, 0.1) is 0 Å². The summed E-state index contributed by atoms with van der Waals surface area (Å²) in [5, 5.41) is 5.85. The molecule has 0 rings (SSSR count). The largest absolute Gasteiger partial charge is 0.350 e. The molecule has 0 saturated heterocycles. The van der Waals surface area contributed by atoms with Gasteiger partial charge < -0.3 is 10.6 Å². The van der Waals surface area contributed by atoms with Crippen molar-refractivity contribution in [2.75, 3.05) is 11.5 Å². The van der Waals surface area contributed by atoms with Crippen molar-refractivity contribution in [1.82, 2.24) is 10.6 Å². The highest BCUT2D eigenvalue weighted by Gasteiger charge is 2.22. The Morgan fingerprint density at radius 2 is 1.72 bits per heavy atom. The second-order valence-corrected chi connectivity index (χ2v) is 8.13. The van der Waals surface area contributed by atoms with Gasteiger partial charge in [-0.15, -0.1) is 0 Å². The van der Waals surface area contributed by atoms with Crippen LogP contribution in [0.5, 0.6) is 0 Å². The summed E-state index contributed by atoms with van der Waals surface area (Å²) in [6, 6.07) is -0.651. The van der Waals surface area contributed by atoms with Crippen LogP contribution in [-0.2, 0) is 14.6 Å². The molecule has 2 atom stereocenters. The van der Waals surface area contributed by atoms with Crippen molar-refractivity contribution in [3.8, 4) is 0 Å². The number of carbonyl (C=O) groups excluding carboxylic acids is 1. The van der Waals surface area contributed by atoms with Crippen molar-refractivity contribution in [2.24, 2.45) is 0 Å². The molecule has 6 heteroatoms. The predicted octanol–water partition coefficient (Wildman–Crippen LogP) is 0.702. The molecule has 2 N–H and O–H groups in total. The van der Waals surface area contributed by atoms with E-state index in [0.29, 0.717) is 0 Å². The fraction of sp³-hybridized carbons (Fsp3) is 0.917. The van der Waals surface area contributed by atoms with Crippen LogP contribution < -0.4 is 10.6 Å². The smallest absolute Gasteiger partial charge is 0.237 e. The lowest BCUT2D eigenvalue weighted by atomic mass is 10.1. The lowest BCUT2D eigenvalue weighted by molar-refractivity contribution is -0.124. The Morgan fingerprint density at radius 3 is 2.11 bits per heavy atom. The van der Waals surface area contributed by atoms with E-state index in [1.165, 1.54) is 0 Å². The lowest BCUT2D eigenvalue weighted by Gasteiger charge is -2.25. The summed E-state index contributed by atoms with van der Waals surface area (Å²) >= 11 is 0. The zero-order chi connectivity index (χ0) is 14.6. The van der Waals surface area contributed by atoms with Crippen LogP contribution in [0.4, 0.5) is 0 Å². The molecular weight excluding hydrogens is 252 g/mol. The summed E-state index contributed by atoms with van der Waals surface area (Å²) in [5.74, 6) is 0.0568. The molecule has 0 heterocycles. The van der Waals surface area contributed by atoms with Crippen molar-refractivity contribution < 1.29 is 13.2 Å². The van der Waals surface area contributed by atoms with Crippen LogP contribution >= 0.6 is 0 Å². The van der Waals surface area contributed by atoms with E-state index in [2.05, 4.69) is 10.6 Å². The topological polar surface area (TPSA) is 75.3 Å². The van der Waals surface area contributed by atoms with Gasteiger partial charge in [0.15, 0.2) is 9.84 Å². The maximum atomic E-state index is 11.8. The van der Waals surface area contributed by atoms with Gasteiger partial charge in [0, 0.05) is 17.3 Å². The molecule has 1 amide bonds. The summed E-state index contributed by atoms with van der Waals surface area (Å²) in [5.41, 5.74) is -0.286. The predicted molar refractivity (Wildman–Crippen MR) is 74.3 cm³/mol. The lowest BCUT2D eigenvalue weighted by Crippen LogP contribution is -2.52. The van der Waals surface area contributed by atoms with E-state index < -0.39 is 15.9 Å². The Kier molecular flexibility index (Phi) is 6.29. The molecule has 0 aromatic heterocycles. The zero-order valence-corrected chi connectivity index (χ0v) is 13.0. The maximum Gasteiger partial charge on any atom is 0.237 e. The fourth-order valence-corrected chi connectivity index (χ4v) is 2.62. The molecule has 0 radical (unpaired) electrons. The first kappa shape index (κ1) is 17.4. The van der Waals surface area contributed by atoms with Gasteiger partial charge in [0.05, 0.1) is 11.8 Å². The molecule has 0 aromatic carbocycles. The number of nitrogens with one attached hydrogen (secondary N) is 2. The molecule has 0 fully saturated rings. The second kappa shape index (κ2) is 6.52. The van der Waals surface area contributed by atoms with Crippen molar-refractivity contribution >= 4 is 15.7 Å². The molecule has 0 aromatic rings. The highest BCUT2D eigenvalue weighted by Crippen LogP contribution is 2.01. The fourth-order valence-electron chi connectivity index (χ4n) is 1.53. The molecule has 0 spiro atoms. The van der Waals surface area contributed by atoms with Crippen LogP contribution in [0.1, 0.15) is 41.5 Å². The first-order chi connectivity index (χ1) is 7.97. The standard InChI is InChI=1S/C12H26N2O3S/c1-7-18(16,17)8-9(2)13-10(3)11(15)14-12(4,5)6/h9-10,13H,7-8H2,1-6H3,(H,14,15). The maximum absolute atomic E-state index is 11.8. The first-order valence-electron chi connectivity index (χ1n) is 6.25. The Hall–Kier alpha value is -0.620. The molecule has 2 unspecified atom stereocenters. The van der Waals surface area contributed by atoms with Crippen LogP contribution in [0.3, 0.4) is 0 Å². The minimum absolute atomic E-state index is 0.0522. The van der Waals surface area contributed by atoms with Gasteiger partial charge in [0.2, 0.25) is 5.91 Å². The molecule has 0 aliphatic carbocycles. The van der Waals surface area contributed by atoms with E-state index in [1.807, 2.05) is 20.8 Å². The van der Waals surface area contributed by atoms with E-state index in [9.17, 15) is 13.2 Å². The van der Waals surface area contributed by atoms with Crippen LogP contribution in [0.2, 0.25) is 0 Å². The van der Waals surface area contributed by atoms with Gasteiger partial charge in [-0.2, -0.15) is 0 Å². The van der Waals surface area contributed by atoms with Gasteiger partial charge in [0.25, 0.3) is 0 Å². The van der Waals surface area contributed by atoms with E-state index >= 15 is 0 Å². The van der Waals surface area contributed by atoms with Crippen molar-refractivity contribution in [2.45, 2.75) is 59.2 Å². The first-order valence-corrected chi connectivity index (χ1v) is 8.07. The Bertz CT molecular complexity index is 371. The van der Waals surface area contributed by atoms with E-state index in [-0.39, 0.29) is 29.0 Å². The monoisotopic (exact) mass is 278 g/mol. The van der Waals surface area contributed by atoms with E-state index in [0.717, 1.165) is 0 Å². The molecule has 0 saturated carbocycles. The number of hydrogen-bond acceptors (Lipinski definition) is 4. The SMILES string of the molecule is CCS(=O)(=O)CC(C)NC(C)C(=O)NC(C)(C)C. The number of sulfone groups is 1. The van der Waals surface area contributed by atoms with Gasteiger partial charge in [-0.25, -0.2) is 8.42 Å². The summed E-state index contributed by atoms with van der Waals surface area (Å²) in [7, 11) is -3.02. The van der Waals surface area contributed by atoms with Crippen molar-refractivity contribution in [1.29, 1.82) is 0 Å². The third-order valence-electron chi connectivity index (χ3n) is 2.37. The molecule has 108 valence electrons. The number of carbonyl (C=O) groups is 1. The van der Waals surface area contributed by atoms with Gasteiger partial charge in [-0.1, -0.05) is 6.92 Å². The van der Waals surface area contributed by atoms with Crippen LogP contribution in [0.25, 0.3) is 0 Å². The van der Waals surface area contributed by atoms with E-state index in [4.69, 9.17) is 0 Å². The van der Waals surface area contributed by atoms with Gasteiger partial charge in [-0.05, 0) is 34.6 Å². The van der Waals surface area contributed by atoms with E-state index in [1.54, 1.807) is 20.8 Å². The Morgan fingerprint density at radius 1 is 1.22 bits per heavy atom. The quantitative estimate of drug-likeness (QED) is 0.750. The minimum Gasteiger partial charge on any atom is -0.350 e. The third kappa shape index (κ3) is 7.66. The van der Waals surface area contributed by atoms with Gasteiger partial charge in [-0.3, -0.25) is 4.79 Å². The summed E-state index contributed by atoms with van der Waals surface area (Å²) in [6.07, 6.45) is 0. The highest BCUT2D eigenvalue weighted by atomic mass is 32.2. The van der Waals surface area contributed by atoms with Crippen LogP contribution in [-0.4, -0.2) is 43.5 Å². The summed E-state index contributed by atoms with van der Waals surface area (Å²) in [4.78, 5) is 11.8. The molecule has 0 aliphatic rings. The normalized spacial score (nSPS) is 16.1. The zero-order valence-electron chi connectivity index (χ0n) is 12.2. The highest BCUT2D eigenvalue weighted by molar-refractivity contribution is 7.91. The van der Waals surface area contributed by atoms with Crippen molar-refractivity contribution in [3.05, 3.63) is 0 Å². The minimum atomic E-state index is -3.02. The average molecular weight is 278 g/mol. The van der Waals surface area contributed by atoms with Crippen LogP contribution in [0.15, 0.2) is 0 Å². The van der Waals surface area contributed by atoms with Crippen molar-refractivity contribution in [3.63, 3.8) is 0 Å². The molecular formula is C12H26N2O3S. The summed E-state index contributed by atoms with van der Waals surface area (Å²) in [6.45, 7) is 10.8. The molecule has 5 nitrogen and oxygen atoms in total. The molecule has 0 aliphatic heterocycles. The Balaban J connectivity index is 4.32. The number of amides is 1. The summed E-state index contributed by atoms with van der Waals surface area (Å²) < 4.78 is 22.9. The second-order valence-electron chi connectivity index (χ2n) is 5.73. The molecule has 18 heavy (non-hydrogen) atoms. The average Bonchev–Trinajstić information content (AvgIpc) is 2.13. The Labute approximate surface area is 111 Å². The molecule has 0 bridgehead atoms. The third-order valence-corrected chi connectivity index (χ3v) is 4.26. The van der Waals surface area contributed by atoms with Gasteiger partial charge in [0.1, 0.15) is 0 Å².